The van der Waals surface area contributed by atoms with Gasteiger partial charge in [0.2, 0.25) is 0 Å². The number of rotatable bonds is 4. The Morgan fingerprint density at radius 3 is 2.56 bits per heavy atom. The lowest BCUT2D eigenvalue weighted by Crippen LogP contribution is -2.08. The number of benzene rings is 1. The fourth-order valence-electron chi connectivity index (χ4n) is 1.72. The van der Waals surface area contributed by atoms with Crippen molar-refractivity contribution in [3.8, 4) is 11.5 Å². The lowest BCUT2D eigenvalue weighted by Gasteiger charge is -2.16. The Morgan fingerprint density at radius 1 is 1.38 bits per heavy atom. The van der Waals surface area contributed by atoms with E-state index in [4.69, 9.17) is 21.1 Å². The zero-order valence-corrected chi connectivity index (χ0v) is 10.2. The molecule has 1 aromatic carbocycles. The fourth-order valence-corrected chi connectivity index (χ4v) is 1.96. The molecule has 0 radical (unpaired) electrons. The van der Waals surface area contributed by atoms with Crippen molar-refractivity contribution in [2.45, 2.75) is 25.4 Å². The van der Waals surface area contributed by atoms with Gasteiger partial charge in [-0.25, -0.2) is 0 Å². The molecule has 1 fully saturated rings. The number of halogens is 1. The lowest BCUT2D eigenvalue weighted by atomic mass is 10.1. The summed E-state index contributed by atoms with van der Waals surface area (Å²) in [6, 6.07) is 3.47. The zero-order chi connectivity index (χ0) is 11.8. The van der Waals surface area contributed by atoms with Crippen molar-refractivity contribution in [1.29, 1.82) is 0 Å². The number of hydrogen-bond acceptors (Lipinski definition) is 3. The first-order valence-corrected chi connectivity index (χ1v) is 5.71. The van der Waals surface area contributed by atoms with Gasteiger partial charge in [0.05, 0.1) is 24.3 Å². The SMILES string of the molecule is CCOc1cc(OC)c(Cl)cc1C1(O)CC1. The van der Waals surface area contributed by atoms with Gasteiger partial charge in [0.25, 0.3) is 0 Å². The number of aliphatic hydroxyl groups is 1. The molecule has 1 aliphatic carbocycles. The molecular formula is C12H15ClO3. The van der Waals surface area contributed by atoms with Crippen LogP contribution < -0.4 is 9.47 Å². The monoisotopic (exact) mass is 242 g/mol. The van der Waals surface area contributed by atoms with E-state index in [1.807, 2.05) is 6.92 Å². The number of ether oxygens (including phenoxy) is 2. The summed E-state index contributed by atoms with van der Waals surface area (Å²) >= 11 is 6.04. The molecule has 4 heteroatoms. The van der Waals surface area contributed by atoms with E-state index in [2.05, 4.69) is 0 Å². The van der Waals surface area contributed by atoms with E-state index in [1.165, 1.54) is 0 Å². The molecule has 0 saturated heterocycles. The highest BCUT2D eigenvalue weighted by Gasteiger charge is 2.44. The third kappa shape index (κ3) is 1.97. The molecule has 0 amide bonds. The maximum atomic E-state index is 10.1. The molecule has 0 bridgehead atoms. The first kappa shape index (κ1) is 11.6. The van der Waals surface area contributed by atoms with Gasteiger partial charge in [0.1, 0.15) is 11.5 Å². The fraction of sp³-hybridized carbons (Fsp3) is 0.500. The summed E-state index contributed by atoms with van der Waals surface area (Å²) in [5.41, 5.74) is 0.0144. The highest BCUT2D eigenvalue weighted by molar-refractivity contribution is 6.32. The molecule has 0 spiro atoms. The Kier molecular flexibility index (Phi) is 3.00. The minimum Gasteiger partial charge on any atom is -0.495 e. The number of methoxy groups -OCH3 is 1. The second kappa shape index (κ2) is 4.15. The van der Waals surface area contributed by atoms with E-state index < -0.39 is 5.60 Å². The molecule has 16 heavy (non-hydrogen) atoms. The topological polar surface area (TPSA) is 38.7 Å². The van der Waals surface area contributed by atoms with Gasteiger partial charge in [0, 0.05) is 11.6 Å². The normalized spacial score (nSPS) is 17.0. The van der Waals surface area contributed by atoms with Crippen LogP contribution in [-0.4, -0.2) is 18.8 Å². The summed E-state index contributed by atoms with van der Waals surface area (Å²) in [6.07, 6.45) is 1.52. The molecule has 1 aliphatic rings. The summed E-state index contributed by atoms with van der Waals surface area (Å²) in [5, 5.41) is 10.6. The van der Waals surface area contributed by atoms with Crippen LogP contribution in [0.1, 0.15) is 25.3 Å². The van der Waals surface area contributed by atoms with Gasteiger partial charge in [-0.15, -0.1) is 0 Å². The minimum atomic E-state index is -0.750. The molecule has 3 nitrogen and oxygen atoms in total. The van der Waals surface area contributed by atoms with Crippen LogP contribution >= 0.6 is 11.6 Å². The Labute approximate surface area is 99.9 Å². The highest BCUT2D eigenvalue weighted by atomic mass is 35.5. The van der Waals surface area contributed by atoms with Crippen LogP contribution in [0.2, 0.25) is 5.02 Å². The molecule has 0 unspecified atom stereocenters. The average molecular weight is 243 g/mol. The predicted molar refractivity (Wildman–Crippen MR) is 62.3 cm³/mol. The molecule has 0 atom stereocenters. The zero-order valence-electron chi connectivity index (χ0n) is 9.42. The second-order valence-corrected chi connectivity index (χ2v) is 4.35. The smallest absolute Gasteiger partial charge is 0.141 e. The van der Waals surface area contributed by atoms with Crippen LogP contribution in [0.4, 0.5) is 0 Å². The third-order valence-electron chi connectivity index (χ3n) is 2.78. The van der Waals surface area contributed by atoms with Crippen LogP contribution in [-0.2, 0) is 5.60 Å². The summed E-state index contributed by atoms with van der Waals surface area (Å²) in [6.45, 7) is 2.45. The first-order chi connectivity index (χ1) is 7.60. The molecular weight excluding hydrogens is 228 g/mol. The van der Waals surface area contributed by atoms with E-state index in [0.717, 1.165) is 18.4 Å². The van der Waals surface area contributed by atoms with E-state index in [9.17, 15) is 5.11 Å². The van der Waals surface area contributed by atoms with Crippen molar-refractivity contribution >= 4 is 11.6 Å². The van der Waals surface area contributed by atoms with Crippen molar-refractivity contribution in [3.05, 3.63) is 22.7 Å². The summed E-state index contributed by atoms with van der Waals surface area (Å²) in [5.74, 6) is 1.22. The Hall–Kier alpha value is -0.930. The van der Waals surface area contributed by atoms with Crippen molar-refractivity contribution < 1.29 is 14.6 Å². The standard InChI is InChI=1S/C12H15ClO3/c1-3-16-10-7-11(15-2)9(13)6-8(10)12(14)4-5-12/h6-7,14H,3-5H2,1-2H3. The molecule has 0 aliphatic heterocycles. The Balaban J connectivity index is 2.45. The quantitative estimate of drug-likeness (QED) is 0.882. The first-order valence-electron chi connectivity index (χ1n) is 5.34. The summed E-state index contributed by atoms with van der Waals surface area (Å²) in [4.78, 5) is 0. The van der Waals surface area contributed by atoms with Crippen molar-refractivity contribution in [2.24, 2.45) is 0 Å². The van der Waals surface area contributed by atoms with E-state index in [-0.39, 0.29) is 0 Å². The molecule has 2 rings (SSSR count). The largest absolute Gasteiger partial charge is 0.495 e. The lowest BCUT2D eigenvalue weighted by molar-refractivity contribution is 0.146. The van der Waals surface area contributed by atoms with Crippen LogP contribution in [0.25, 0.3) is 0 Å². The average Bonchev–Trinajstić information content (AvgIpc) is 3.00. The van der Waals surface area contributed by atoms with Gasteiger partial charge in [-0.3, -0.25) is 0 Å². The molecule has 0 aromatic heterocycles. The predicted octanol–water partition coefficient (Wildman–Crippen LogP) is 2.73. The van der Waals surface area contributed by atoms with Crippen LogP contribution in [0.3, 0.4) is 0 Å². The second-order valence-electron chi connectivity index (χ2n) is 3.95. The third-order valence-corrected chi connectivity index (χ3v) is 3.07. The van der Waals surface area contributed by atoms with Crippen LogP contribution in [0.15, 0.2) is 12.1 Å². The Morgan fingerprint density at radius 2 is 2.06 bits per heavy atom. The van der Waals surface area contributed by atoms with E-state index in [0.29, 0.717) is 23.1 Å². The molecule has 1 saturated carbocycles. The molecule has 1 aromatic rings. The maximum absolute atomic E-state index is 10.1. The van der Waals surface area contributed by atoms with E-state index in [1.54, 1.807) is 19.2 Å². The van der Waals surface area contributed by atoms with Gasteiger partial charge >= 0.3 is 0 Å². The van der Waals surface area contributed by atoms with Crippen LogP contribution in [0, 0.1) is 0 Å². The Bertz CT molecular complexity index is 399. The molecule has 0 heterocycles. The molecule has 88 valence electrons. The number of hydrogen-bond donors (Lipinski definition) is 1. The highest BCUT2D eigenvalue weighted by Crippen LogP contribution is 2.50. The molecule has 1 N–H and O–H groups in total. The minimum absolute atomic E-state index is 0.501. The van der Waals surface area contributed by atoms with Crippen molar-refractivity contribution in [3.63, 3.8) is 0 Å². The van der Waals surface area contributed by atoms with Crippen molar-refractivity contribution in [2.75, 3.05) is 13.7 Å². The summed E-state index contributed by atoms with van der Waals surface area (Å²) < 4.78 is 10.6. The van der Waals surface area contributed by atoms with Gasteiger partial charge in [-0.2, -0.15) is 0 Å². The summed E-state index contributed by atoms with van der Waals surface area (Å²) in [7, 11) is 1.56. The van der Waals surface area contributed by atoms with Crippen LogP contribution in [0.5, 0.6) is 11.5 Å². The van der Waals surface area contributed by atoms with Gasteiger partial charge in [0.15, 0.2) is 0 Å². The van der Waals surface area contributed by atoms with Gasteiger partial charge in [-0.1, -0.05) is 11.6 Å². The van der Waals surface area contributed by atoms with Crippen molar-refractivity contribution in [1.82, 2.24) is 0 Å². The van der Waals surface area contributed by atoms with E-state index >= 15 is 0 Å². The maximum Gasteiger partial charge on any atom is 0.141 e. The van der Waals surface area contributed by atoms with Gasteiger partial charge in [-0.05, 0) is 25.8 Å². The van der Waals surface area contributed by atoms with Gasteiger partial charge < -0.3 is 14.6 Å².